The molecule has 6 nitrogen and oxygen atoms in total. The number of amides is 1. The van der Waals surface area contributed by atoms with Crippen LogP contribution >= 0.6 is 0 Å². The highest BCUT2D eigenvalue weighted by molar-refractivity contribution is 5.90. The molecule has 0 saturated carbocycles. The number of H-pyrrole nitrogens is 1. The van der Waals surface area contributed by atoms with E-state index in [1.54, 1.807) is 0 Å². The van der Waals surface area contributed by atoms with E-state index in [0.29, 0.717) is 12.4 Å². The Labute approximate surface area is 117 Å². The standard InChI is InChI=1S/C14H19N5O/c1-9(2)12-17-13(19-18-12)14(20)16-8-11(15)10-6-4-3-5-7-10/h3-7,9,11H,8,15H2,1-2H3,(H,16,20)(H,17,18,19). The van der Waals surface area contributed by atoms with Crippen LogP contribution in [0.1, 0.15) is 47.8 Å². The number of nitrogens with one attached hydrogen (secondary N) is 2. The molecule has 0 fully saturated rings. The lowest BCUT2D eigenvalue weighted by Crippen LogP contribution is -2.32. The van der Waals surface area contributed by atoms with E-state index < -0.39 is 0 Å². The summed E-state index contributed by atoms with van der Waals surface area (Å²) in [6.45, 7) is 4.30. The maximum atomic E-state index is 11.9. The third kappa shape index (κ3) is 3.42. The number of aromatic amines is 1. The van der Waals surface area contributed by atoms with Crippen LogP contribution in [0.5, 0.6) is 0 Å². The number of carbonyl (C=O) groups excluding carboxylic acids is 1. The molecule has 0 saturated heterocycles. The van der Waals surface area contributed by atoms with Gasteiger partial charge in [-0.25, -0.2) is 4.98 Å². The molecule has 4 N–H and O–H groups in total. The van der Waals surface area contributed by atoms with Gasteiger partial charge in [0.05, 0.1) is 0 Å². The maximum Gasteiger partial charge on any atom is 0.291 e. The lowest BCUT2D eigenvalue weighted by atomic mass is 10.1. The van der Waals surface area contributed by atoms with E-state index in [1.165, 1.54) is 0 Å². The maximum absolute atomic E-state index is 11.9. The average Bonchev–Trinajstić information content (AvgIpc) is 2.95. The summed E-state index contributed by atoms with van der Waals surface area (Å²) < 4.78 is 0. The summed E-state index contributed by atoms with van der Waals surface area (Å²) in [4.78, 5) is 16.0. The fraction of sp³-hybridized carbons (Fsp3) is 0.357. The highest BCUT2D eigenvalue weighted by atomic mass is 16.2. The molecule has 1 amide bonds. The van der Waals surface area contributed by atoms with Gasteiger partial charge in [0.1, 0.15) is 5.82 Å². The normalized spacial score (nSPS) is 12.4. The monoisotopic (exact) mass is 273 g/mol. The summed E-state index contributed by atoms with van der Waals surface area (Å²) in [6, 6.07) is 9.38. The highest BCUT2D eigenvalue weighted by Gasteiger charge is 2.15. The Morgan fingerprint density at radius 2 is 2.05 bits per heavy atom. The van der Waals surface area contributed by atoms with Crippen molar-refractivity contribution in [2.45, 2.75) is 25.8 Å². The van der Waals surface area contributed by atoms with Gasteiger partial charge in [0.2, 0.25) is 5.82 Å². The topological polar surface area (TPSA) is 96.7 Å². The Hall–Kier alpha value is -2.21. The molecule has 106 valence electrons. The average molecular weight is 273 g/mol. The minimum Gasteiger partial charge on any atom is -0.347 e. The molecule has 2 aromatic rings. The third-order valence-corrected chi connectivity index (χ3v) is 2.96. The lowest BCUT2D eigenvalue weighted by molar-refractivity contribution is 0.0941. The molecule has 1 atom stereocenters. The van der Waals surface area contributed by atoms with Crippen molar-refractivity contribution in [3.63, 3.8) is 0 Å². The molecule has 0 bridgehead atoms. The highest BCUT2D eigenvalue weighted by Crippen LogP contribution is 2.09. The summed E-state index contributed by atoms with van der Waals surface area (Å²) >= 11 is 0. The number of rotatable bonds is 5. The van der Waals surface area contributed by atoms with Gasteiger partial charge < -0.3 is 11.1 Å². The van der Waals surface area contributed by atoms with Crippen LogP contribution in [0.25, 0.3) is 0 Å². The van der Waals surface area contributed by atoms with Gasteiger partial charge in [0, 0.05) is 18.5 Å². The van der Waals surface area contributed by atoms with E-state index >= 15 is 0 Å². The summed E-state index contributed by atoms with van der Waals surface area (Å²) in [7, 11) is 0. The molecule has 0 radical (unpaired) electrons. The molecule has 0 aliphatic rings. The summed E-state index contributed by atoms with van der Waals surface area (Å²) in [5.74, 6) is 0.728. The minimum atomic E-state index is -0.320. The van der Waals surface area contributed by atoms with Crippen LogP contribution in [0.4, 0.5) is 0 Å². The first-order valence-corrected chi connectivity index (χ1v) is 6.59. The Balaban J connectivity index is 1.91. The van der Waals surface area contributed by atoms with E-state index in [1.807, 2.05) is 44.2 Å². The van der Waals surface area contributed by atoms with Crippen LogP contribution in [0.15, 0.2) is 30.3 Å². The molecule has 0 aliphatic heterocycles. The molecular weight excluding hydrogens is 254 g/mol. The predicted octanol–water partition coefficient (Wildman–Crippen LogP) is 1.36. The fourth-order valence-corrected chi connectivity index (χ4v) is 1.73. The number of aromatic nitrogens is 3. The first-order chi connectivity index (χ1) is 9.58. The quantitative estimate of drug-likeness (QED) is 0.766. The zero-order chi connectivity index (χ0) is 14.5. The van der Waals surface area contributed by atoms with Gasteiger partial charge in [-0.2, -0.15) is 0 Å². The molecular formula is C14H19N5O. The first kappa shape index (κ1) is 14.2. The molecule has 6 heteroatoms. The second-order valence-corrected chi connectivity index (χ2v) is 4.93. The van der Waals surface area contributed by atoms with E-state index in [-0.39, 0.29) is 23.7 Å². The van der Waals surface area contributed by atoms with Crippen LogP contribution in [-0.4, -0.2) is 27.6 Å². The number of hydrogen-bond donors (Lipinski definition) is 3. The van der Waals surface area contributed by atoms with Gasteiger partial charge in [0.15, 0.2) is 0 Å². The van der Waals surface area contributed by atoms with E-state index in [4.69, 9.17) is 5.73 Å². The Kier molecular flexibility index (Phi) is 4.47. The van der Waals surface area contributed by atoms with Crippen LogP contribution in [-0.2, 0) is 0 Å². The van der Waals surface area contributed by atoms with Gasteiger partial charge >= 0.3 is 0 Å². The molecule has 20 heavy (non-hydrogen) atoms. The molecule has 0 spiro atoms. The Morgan fingerprint density at radius 1 is 1.35 bits per heavy atom. The molecule has 0 aliphatic carbocycles. The number of carbonyl (C=O) groups is 1. The SMILES string of the molecule is CC(C)c1nc(C(=O)NCC(N)c2ccccc2)n[nH]1. The van der Waals surface area contributed by atoms with Crippen molar-refractivity contribution in [2.24, 2.45) is 5.73 Å². The number of nitrogens with zero attached hydrogens (tertiary/aromatic N) is 2. The molecule has 1 heterocycles. The molecule has 1 aromatic carbocycles. The van der Waals surface area contributed by atoms with Gasteiger partial charge in [0.25, 0.3) is 5.91 Å². The number of nitrogens with two attached hydrogens (primary N) is 1. The van der Waals surface area contributed by atoms with Crippen LogP contribution in [0.2, 0.25) is 0 Å². The summed E-state index contributed by atoms with van der Waals surface area (Å²) in [6.07, 6.45) is 0. The number of hydrogen-bond acceptors (Lipinski definition) is 4. The van der Waals surface area contributed by atoms with Crippen LogP contribution < -0.4 is 11.1 Å². The second kappa shape index (κ2) is 6.29. The number of benzene rings is 1. The van der Waals surface area contributed by atoms with Crippen molar-refractivity contribution in [2.75, 3.05) is 6.54 Å². The Bertz CT molecular complexity index is 564. The van der Waals surface area contributed by atoms with Crippen molar-refractivity contribution in [3.8, 4) is 0 Å². The van der Waals surface area contributed by atoms with Gasteiger partial charge in [-0.3, -0.25) is 9.89 Å². The largest absolute Gasteiger partial charge is 0.347 e. The second-order valence-electron chi connectivity index (χ2n) is 4.93. The zero-order valence-corrected chi connectivity index (χ0v) is 11.6. The fourth-order valence-electron chi connectivity index (χ4n) is 1.73. The smallest absolute Gasteiger partial charge is 0.291 e. The van der Waals surface area contributed by atoms with Crippen molar-refractivity contribution in [1.29, 1.82) is 0 Å². The van der Waals surface area contributed by atoms with Crippen molar-refractivity contribution >= 4 is 5.91 Å². The summed E-state index contributed by atoms with van der Waals surface area (Å²) in [5.41, 5.74) is 6.99. The first-order valence-electron chi connectivity index (χ1n) is 6.59. The Morgan fingerprint density at radius 3 is 2.65 bits per heavy atom. The predicted molar refractivity (Wildman–Crippen MR) is 76.2 cm³/mol. The summed E-state index contributed by atoms with van der Waals surface area (Å²) in [5, 5.41) is 9.39. The van der Waals surface area contributed by atoms with Gasteiger partial charge in [-0.15, -0.1) is 5.10 Å². The van der Waals surface area contributed by atoms with Crippen molar-refractivity contribution in [3.05, 3.63) is 47.5 Å². The zero-order valence-electron chi connectivity index (χ0n) is 11.6. The van der Waals surface area contributed by atoms with Crippen LogP contribution in [0, 0.1) is 0 Å². The van der Waals surface area contributed by atoms with Crippen LogP contribution in [0.3, 0.4) is 0 Å². The molecule has 2 rings (SSSR count). The third-order valence-electron chi connectivity index (χ3n) is 2.96. The van der Waals surface area contributed by atoms with Crippen molar-refractivity contribution in [1.82, 2.24) is 20.5 Å². The van der Waals surface area contributed by atoms with E-state index in [0.717, 1.165) is 5.56 Å². The van der Waals surface area contributed by atoms with E-state index in [2.05, 4.69) is 20.5 Å². The minimum absolute atomic E-state index is 0.147. The van der Waals surface area contributed by atoms with Gasteiger partial charge in [-0.1, -0.05) is 44.2 Å². The van der Waals surface area contributed by atoms with Crippen molar-refractivity contribution < 1.29 is 4.79 Å². The molecule has 1 unspecified atom stereocenters. The molecule has 1 aromatic heterocycles. The van der Waals surface area contributed by atoms with E-state index in [9.17, 15) is 4.79 Å². The lowest BCUT2D eigenvalue weighted by Gasteiger charge is -2.12. The van der Waals surface area contributed by atoms with Gasteiger partial charge in [-0.05, 0) is 5.56 Å².